The van der Waals surface area contributed by atoms with Gasteiger partial charge >= 0.3 is 0 Å². The fraction of sp³-hybridized carbons (Fsp3) is 0.176. The number of nitrogens with zero attached hydrogens (tertiary/aromatic N) is 1. The number of aromatic nitrogens is 1. The number of anilines is 1. The molecule has 0 aliphatic rings. The second kappa shape index (κ2) is 5.40. The number of oxazole rings is 1. The third kappa shape index (κ3) is 2.65. The van der Waals surface area contributed by atoms with E-state index in [1.54, 1.807) is 0 Å². The molecule has 4 heteroatoms. The molecule has 106 valence electrons. The minimum absolute atomic E-state index is 0.0330. The fourth-order valence-electron chi connectivity index (χ4n) is 2.16. The largest absolute Gasteiger partial charge is 0.436 e. The lowest BCUT2D eigenvalue weighted by Gasteiger charge is -2.07. The van der Waals surface area contributed by atoms with E-state index in [-0.39, 0.29) is 5.91 Å². The van der Waals surface area contributed by atoms with Gasteiger partial charge in [0.05, 0.1) is 11.3 Å². The maximum atomic E-state index is 11.6. The van der Waals surface area contributed by atoms with Gasteiger partial charge in [-0.15, -0.1) is 0 Å². The van der Waals surface area contributed by atoms with Crippen LogP contribution in [0.25, 0.3) is 22.6 Å². The molecular formula is C17H16N2O2. The first-order valence-corrected chi connectivity index (χ1v) is 6.94. The summed E-state index contributed by atoms with van der Waals surface area (Å²) >= 11 is 0. The maximum absolute atomic E-state index is 11.6. The summed E-state index contributed by atoms with van der Waals surface area (Å²) in [7, 11) is 0. The lowest BCUT2D eigenvalue weighted by Crippen LogP contribution is -2.10. The SMILES string of the molecule is CCC(=O)Nc1ccccc1-c1nc2ccc(C)cc2o1. The molecule has 0 aliphatic heterocycles. The number of rotatable bonds is 3. The molecule has 4 nitrogen and oxygen atoms in total. The molecule has 0 radical (unpaired) electrons. The zero-order chi connectivity index (χ0) is 14.8. The number of nitrogens with one attached hydrogen (secondary N) is 1. The van der Waals surface area contributed by atoms with Crippen LogP contribution in [0.4, 0.5) is 5.69 Å². The summed E-state index contributed by atoms with van der Waals surface area (Å²) < 4.78 is 5.83. The van der Waals surface area contributed by atoms with Gasteiger partial charge in [-0.3, -0.25) is 4.79 Å². The van der Waals surface area contributed by atoms with Gasteiger partial charge < -0.3 is 9.73 Å². The van der Waals surface area contributed by atoms with Crippen molar-refractivity contribution in [2.24, 2.45) is 0 Å². The summed E-state index contributed by atoms with van der Waals surface area (Å²) in [5.74, 6) is 0.483. The van der Waals surface area contributed by atoms with Gasteiger partial charge in [0.1, 0.15) is 5.52 Å². The number of carbonyl (C=O) groups excluding carboxylic acids is 1. The van der Waals surface area contributed by atoms with E-state index in [1.165, 1.54) is 0 Å². The first kappa shape index (κ1) is 13.4. The summed E-state index contributed by atoms with van der Waals surface area (Å²) in [4.78, 5) is 16.1. The lowest BCUT2D eigenvalue weighted by atomic mass is 10.1. The van der Waals surface area contributed by atoms with Crippen molar-refractivity contribution in [2.45, 2.75) is 20.3 Å². The van der Waals surface area contributed by atoms with Crippen LogP contribution in [0.1, 0.15) is 18.9 Å². The van der Waals surface area contributed by atoms with Crippen molar-refractivity contribution in [3.63, 3.8) is 0 Å². The predicted octanol–water partition coefficient (Wildman–Crippen LogP) is 4.15. The first-order chi connectivity index (χ1) is 10.2. The van der Waals surface area contributed by atoms with Crippen LogP contribution in [0.2, 0.25) is 0 Å². The monoisotopic (exact) mass is 280 g/mol. The average Bonchev–Trinajstić information content (AvgIpc) is 2.90. The molecule has 0 saturated heterocycles. The molecule has 0 aliphatic carbocycles. The quantitative estimate of drug-likeness (QED) is 0.784. The molecule has 0 fully saturated rings. The Bertz CT molecular complexity index is 805. The van der Waals surface area contributed by atoms with E-state index in [2.05, 4.69) is 10.3 Å². The highest BCUT2D eigenvalue weighted by Crippen LogP contribution is 2.30. The Balaban J connectivity index is 2.07. The Kier molecular flexibility index (Phi) is 3.44. The molecule has 1 aromatic heterocycles. The number of carbonyl (C=O) groups is 1. The second-order valence-corrected chi connectivity index (χ2v) is 4.94. The highest BCUT2D eigenvalue weighted by atomic mass is 16.3. The number of amides is 1. The number of para-hydroxylation sites is 1. The molecule has 1 amide bonds. The van der Waals surface area contributed by atoms with E-state index >= 15 is 0 Å². The van der Waals surface area contributed by atoms with Crippen LogP contribution in [0.3, 0.4) is 0 Å². The third-order valence-corrected chi connectivity index (χ3v) is 3.30. The van der Waals surface area contributed by atoms with Crippen LogP contribution in [-0.2, 0) is 4.79 Å². The zero-order valence-corrected chi connectivity index (χ0v) is 12.0. The highest BCUT2D eigenvalue weighted by Gasteiger charge is 2.13. The Morgan fingerprint density at radius 1 is 1.24 bits per heavy atom. The van der Waals surface area contributed by atoms with Gasteiger partial charge in [-0.1, -0.05) is 25.1 Å². The van der Waals surface area contributed by atoms with Gasteiger partial charge in [-0.05, 0) is 36.8 Å². The van der Waals surface area contributed by atoms with Crippen molar-refractivity contribution in [1.82, 2.24) is 4.98 Å². The van der Waals surface area contributed by atoms with Crippen molar-refractivity contribution in [1.29, 1.82) is 0 Å². The van der Waals surface area contributed by atoms with Gasteiger partial charge in [0.15, 0.2) is 5.58 Å². The van der Waals surface area contributed by atoms with Gasteiger partial charge in [0.2, 0.25) is 11.8 Å². The number of benzene rings is 2. The Labute approximate surface area is 122 Å². The minimum atomic E-state index is -0.0330. The second-order valence-electron chi connectivity index (χ2n) is 4.94. The van der Waals surface area contributed by atoms with E-state index in [9.17, 15) is 4.79 Å². The molecule has 3 aromatic rings. The average molecular weight is 280 g/mol. The van der Waals surface area contributed by atoms with Crippen molar-refractivity contribution >= 4 is 22.7 Å². The zero-order valence-electron chi connectivity index (χ0n) is 12.0. The molecule has 0 bridgehead atoms. The van der Waals surface area contributed by atoms with E-state index in [4.69, 9.17) is 4.42 Å². The van der Waals surface area contributed by atoms with Gasteiger partial charge in [0, 0.05) is 6.42 Å². The van der Waals surface area contributed by atoms with Crippen LogP contribution in [0, 0.1) is 6.92 Å². The van der Waals surface area contributed by atoms with Gasteiger partial charge in [0.25, 0.3) is 0 Å². The topological polar surface area (TPSA) is 55.1 Å². The fourth-order valence-corrected chi connectivity index (χ4v) is 2.16. The van der Waals surface area contributed by atoms with Crippen molar-refractivity contribution < 1.29 is 9.21 Å². The molecular weight excluding hydrogens is 264 g/mol. The molecule has 2 aromatic carbocycles. The van der Waals surface area contributed by atoms with Crippen molar-refractivity contribution in [3.8, 4) is 11.5 Å². The highest BCUT2D eigenvalue weighted by molar-refractivity contribution is 5.94. The summed E-state index contributed by atoms with van der Waals surface area (Å²) in [5, 5.41) is 2.88. The summed E-state index contributed by atoms with van der Waals surface area (Å²) in [6.45, 7) is 3.83. The summed E-state index contributed by atoms with van der Waals surface area (Å²) in [6, 6.07) is 13.4. The number of hydrogen-bond acceptors (Lipinski definition) is 3. The number of aryl methyl sites for hydroxylation is 1. The van der Waals surface area contributed by atoms with E-state index in [0.29, 0.717) is 18.0 Å². The van der Waals surface area contributed by atoms with Crippen LogP contribution >= 0.6 is 0 Å². The summed E-state index contributed by atoms with van der Waals surface area (Å²) in [6.07, 6.45) is 0.432. The van der Waals surface area contributed by atoms with E-state index in [0.717, 1.165) is 22.2 Å². The van der Waals surface area contributed by atoms with E-state index < -0.39 is 0 Å². The van der Waals surface area contributed by atoms with Crippen LogP contribution in [0.15, 0.2) is 46.9 Å². The molecule has 1 N–H and O–H groups in total. The van der Waals surface area contributed by atoms with Crippen molar-refractivity contribution in [3.05, 3.63) is 48.0 Å². The minimum Gasteiger partial charge on any atom is -0.436 e. The third-order valence-electron chi connectivity index (χ3n) is 3.30. The predicted molar refractivity (Wildman–Crippen MR) is 83.1 cm³/mol. The Hall–Kier alpha value is -2.62. The number of hydrogen-bond donors (Lipinski definition) is 1. The van der Waals surface area contributed by atoms with Crippen LogP contribution < -0.4 is 5.32 Å². The lowest BCUT2D eigenvalue weighted by molar-refractivity contribution is -0.115. The van der Waals surface area contributed by atoms with E-state index in [1.807, 2.05) is 56.3 Å². The molecule has 0 unspecified atom stereocenters. The molecule has 1 heterocycles. The summed E-state index contributed by atoms with van der Waals surface area (Å²) in [5.41, 5.74) is 4.19. The molecule has 21 heavy (non-hydrogen) atoms. The normalized spacial score (nSPS) is 10.8. The van der Waals surface area contributed by atoms with Crippen molar-refractivity contribution in [2.75, 3.05) is 5.32 Å². The maximum Gasteiger partial charge on any atom is 0.229 e. The van der Waals surface area contributed by atoms with Gasteiger partial charge in [-0.2, -0.15) is 0 Å². The molecule has 3 rings (SSSR count). The Morgan fingerprint density at radius 2 is 2.05 bits per heavy atom. The molecule has 0 spiro atoms. The smallest absolute Gasteiger partial charge is 0.229 e. The standard InChI is InChI=1S/C17H16N2O2/c1-3-16(20)18-13-7-5-4-6-12(13)17-19-14-9-8-11(2)10-15(14)21-17/h4-10H,3H2,1-2H3,(H,18,20). The first-order valence-electron chi connectivity index (χ1n) is 6.94. The van der Waals surface area contributed by atoms with Crippen LogP contribution in [-0.4, -0.2) is 10.9 Å². The number of fused-ring (bicyclic) bond motifs is 1. The van der Waals surface area contributed by atoms with Gasteiger partial charge in [-0.25, -0.2) is 4.98 Å². The Morgan fingerprint density at radius 3 is 2.86 bits per heavy atom. The molecule has 0 saturated carbocycles. The molecule has 0 atom stereocenters. The van der Waals surface area contributed by atoms with Crippen LogP contribution in [0.5, 0.6) is 0 Å².